The summed E-state index contributed by atoms with van der Waals surface area (Å²) in [7, 11) is 0. The van der Waals surface area contributed by atoms with Crippen LogP contribution in [0.3, 0.4) is 0 Å². The molecule has 1 saturated heterocycles. The van der Waals surface area contributed by atoms with Crippen molar-refractivity contribution in [3.8, 4) is 23.0 Å². The van der Waals surface area contributed by atoms with Crippen molar-refractivity contribution in [1.29, 1.82) is 0 Å². The zero-order chi connectivity index (χ0) is 21.3. The van der Waals surface area contributed by atoms with Gasteiger partial charge in [0.1, 0.15) is 0 Å². The predicted octanol–water partition coefficient (Wildman–Crippen LogP) is 2.94. The van der Waals surface area contributed by atoms with Crippen molar-refractivity contribution in [2.24, 2.45) is 5.92 Å². The number of aromatic hydroxyl groups is 2. The largest absolute Gasteiger partial charge is 0.504 e. The molecule has 1 fully saturated rings. The van der Waals surface area contributed by atoms with Gasteiger partial charge in [-0.1, -0.05) is 0 Å². The smallest absolute Gasteiger partial charge is 0.209 e. The van der Waals surface area contributed by atoms with E-state index in [0.29, 0.717) is 37.8 Å². The molecule has 3 aliphatic heterocycles. The molecule has 11 heteroatoms. The Labute approximate surface area is 185 Å². The van der Waals surface area contributed by atoms with E-state index >= 15 is 0 Å². The number of imidazole rings is 1. The van der Waals surface area contributed by atoms with Crippen LogP contribution in [0.5, 0.6) is 11.5 Å². The fourth-order valence-electron chi connectivity index (χ4n) is 3.52. The summed E-state index contributed by atoms with van der Waals surface area (Å²) >= 11 is 4.63. The number of carbonyl (C=O) groups excluding carboxylic acids is 1. The van der Waals surface area contributed by atoms with E-state index in [9.17, 15) is 15.0 Å². The lowest BCUT2D eigenvalue weighted by Crippen LogP contribution is -2.32. The number of aryl methyl sites for hydroxylation is 1. The van der Waals surface area contributed by atoms with Gasteiger partial charge in [-0.15, -0.1) is 0 Å². The lowest BCUT2D eigenvalue weighted by atomic mass is 9.94. The summed E-state index contributed by atoms with van der Waals surface area (Å²) in [5.41, 5.74) is 6.56. The molecule has 158 valence electrons. The number of phenolic OH excluding ortho intramolecular Hbond substituents is 2. The lowest BCUT2D eigenvalue weighted by molar-refractivity contribution is -0.119. The number of nitrogen functional groups attached to an aromatic ring is 1. The van der Waals surface area contributed by atoms with Gasteiger partial charge in [-0.25, -0.2) is 15.0 Å². The minimum atomic E-state index is -0.214. The second-order valence-electron chi connectivity index (χ2n) is 7.25. The van der Waals surface area contributed by atoms with E-state index in [-0.39, 0.29) is 11.5 Å². The number of hydrogen-bond acceptors (Lipinski definition) is 8. The lowest BCUT2D eigenvalue weighted by Gasteiger charge is -2.29. The zero-order valence-corrected chi connectivity index (χ0v) is 18.4. The van der Waals surface area contributed by atoms with Gasteiger partial charge in [-0.3, -0.25) is 4.79 Å². The van der Waals surface area contributed by atoms with Gasteiger partial charge in [-0.05, 0) is 65.0 Å². The normalized spacial score (nSPS) is 15.0. The van der Waals surface area contributed by atoms with Crippen LogP contribution in [0.25, 0.3) is 11.5 Å². The van der Waals surface area contributed by atoms with Crippen LogP contribution in [-0.4, -0.2) is 54.1 Å². The Morgan fingerprint density at radius 2 is 1.97 bits per heavy atom. The predicted molar refractivity (Wildman–Crippen MR) is 115 cm³/mol. The summed E-state index contributed by atoms with van der Waals surface area (Å²) in [5.74, 6) is 1.11. The summed E-state index contributed by atoms with van der Waals surface area (Å²) in [6.45, 7) is 2.35. The Morgan fingerprint density at radius 3 is 2.70 bits per heavy atom. The Kier molecular flexibility index (Phi) is 6.00. The van der Waals surface area contributed by atoms with E-state index in [1.807, 2.05) is 9.47 Å². The second kappa shape index (κ2) is 8.68. The highest BCUT2D eigenvalue weighted by atomic mass is 79.9. The average Bonchev–Trinajstić information content (AvgIpc) is 3.17. The van der Waals surface area contributed by atoms with Gasteiger partial charge in [-0.2, -0.15) is 0 Å². The van der Waals surface area contributed by atoms with Crippen molar-refractivity contribution in [3.63, 3.8) is 0 Å². The highest BCUT2D eigenvalue weighted by molar-refractivity contribution is 9.10. The van der Waals surface area contributed by atoms with Gasteiger partial charge in [0.25, 0.3) is 0 Å². The molecule has 0 aliphatic carbocycles. The number of phenols is 2. The van der Waals surface area contributed by atoms with Crippen molar-refractivity contribution in [2.75, 3.05) is 18.8 Å². The molecule has 0 unspecified atom stereocenters. The number of piperidine rings is 1. The van der Waals surface area contributed by atoms with Gasteiger partial charge in [0, 0.05) is 29.0 Å². The Balaban J connectivity index is 1.52. The number of nitrogens with zero attached hydrogens (tertiary/aromatic N) is 5. The molecule has 4 rings (SSSR count). The molecular formula is C19H21BrN6O3S. The molecule has 1 amide bonds. The van der Waals surface area contributed by atoms with Gasteiger partial charge in [0.15, 0.2) is 34.0 Å². The quantitative estimate of drug-likeness (QED) is 0.353. The molecule has 3 aliphatic rings. The Hall–Kier alpha value is -2.53. The van der Waals surface area contributed by atoms with Crippen LogP contribution in [-0.2, 0) is 11.3 Å². The third-order valence-electron chi connectivity index (χ3n) is 5.28. The second-order valence-corrected chi connectivity index (χ2v) is 9.11. The topological polar surface area (TPSA) is 130 Å². The minimum Gasteiger partial charge on any atom is -0.504 e. The van der Waals surface area contributed by atoms with E-state index < -0.39 is 0 Å². The first-order valence-electron chi connectivity index (χ1n) is 9.51. The number of anilines is 1. The molecule has 3 heterocycles. The minimum absolute atomic E-state index is 0.204. The maximum Gasteiger partial charge on any atom is 0.209 e. The first kappa shape index (κ1) is 20.7. The van der Waals surface area contributed by atoms with E-state index in [4.69, 9.17) is 5.73 Å². The van der Waals surface area contributed by atoms with Crippen LogP contribution in [0.2, 0.25) is 0 Å². The van der Waals surface area contributed by atoms with E-state index in [1.54, 1.807) is 6.33 Å². The maximum absolute atomic E-state index is 10.9. The first-order valence-corrected chi connectivity index (χ1v) is 11.1. The third kappa shape index (κ3) is 4.31. The van der Waals surface area contributed by atoms with Gasteiger partial charge in [0.2, 0.25) is 6.41 Å². The molecule has 30 heavy (non-hydrogen) atoms. The number of benzene rings is 1. The number of rotatable bonds is 6. The van der Waals surface area contributed by atoms with E-state index in [1.165, 1.54) is 23.9 Å². The molecular weight excluding hydrogens is 472 g/mol. The summed E-state index contributed by atoms with van der Waals surface area (Å²) in [4.78, 5) is 26.7. The highest BCUT2D eigenvalue weighted by Gasteiger charge is 2.22. The van der Waals surface area contributed by atoms with E-state index in [2.05, 4.69) is 30.9 Å². The van der Waals surface area contributed by atoms with E-state index in [0.717, 1.165) is 45.3 Å². The van der Waals surface area contributed by atoms with Crippen LogP contribution in [0, 0.1) is 5.92 Å². The fourth-order valence-corrected chi connectivity index (χ4v) is 4.89. The van der Waals surface area contributed by atoms with Crippen molar-refractivity contribution in [2.45, 2.75) is 35.9 Å². The van der Waals surface area contributed by atoms with Crippen LogP contribution >= 0.6 is 27.7 Å². The van der Waals surface area contributed by atoms with Crippen LogP contribution in [0.4, 0.5) is 5.82 Å². The number of nitrogens with two attached hydrogens (primary N) is 1. The van der Waals surface area contributed by atoms with Gasteiger partial charge >= 0.3 is 0 Å². The SMILES string of the molecule is Nc1ncn(CCC2CCN(C=O)CC2)c2nc(Sc3cc(O)c(O)cc3Br)nc1-2. The molecule has 0 aromatic heterocycles. The third-order valence-corrected chi connectivity index (χ3v) is 7.12. The first-order chi connectivity index (χ1) is 14.4. The molecule has 0 atom stereocenters. The molecule has 1 aromatic rings. The fraction of sp³-hybridized carbons (Fsp3) is 0.368. The highest BCUT2D eigenvalue weighted by Crippen LogP contribution is 2.40. The van der Waals surface area contributed by atoms with Gasteiger partial charge < -0.3 is 25.4 Å². The average molecular weight is 493 g/mol. The Morgan fingerprint density at radius 1 is 1.23 bits per heavy atom. The number of likely N-dealkylation sites (tertiary alicyclic amines) is 1. The monoisotopic (exact) mass is 492 g/mol. The molecule has 0 radical (unpaired) electrons. The number of hydrogen-bond donors (Lipinski definition) is 3. The Bertz CT molecular complexity index is 1040. The zero-order valence-electron chi connectivity index (χ0n) is 16.0. The number of amides is 1. The number of carbonyl (C=O) groups is 1. The summed E-state index contributed by atoms with van der Waals surface area (Å²) in [6, 6.07) is 2.87. The number of aromatic nitrogens is 4. The summed E-state index contributed by atoms with van der Waals surface area (Å²) < 4.78 is 2.58. The molecule has 1 aromatic carbocycles. The summed E-state index contributed by atoms with van der Waals surface area (Å²) in [6.07, 6.45) is 5.56. The molecule has 9 nitrogen and oxygen atoms in total. The summed E-state index contributed by atoms with van der Waals surface area (Å²) in [5, 5.41) is 19.9. The number of halogens is 1. The molecule has 0 bridgehead atoms. The number of fused-ring (bicyclic) bond motifs is 1. The maximum atomic E-state index is 10.9. The van der Waals surface area contributed by atoms with Crippen LogP contribution in [0.1, 0.15) is 19.3 Å². The molecule has 0 saturated carbocycles. The van der Waals surface area contributed by atoms with Crippen LogP contribution < -0.4 is 5.73 Å². The molecule has 0 spiro atoms. The van der Waals surface area contributed by atoms with Crippen molar-refractivity contribution >= 4 is 39.9 Å². The van der Waals surface area contributed by atoms with Crippen molar-refractivity contribution in [3.05, 3.63) is 22.9 Å². The standard InChI is InChI=1S/C19H21BrN6O3S/c20-12-7-13(28)14(29)8-15(12)30-19-23-16-17(21)22-9-26(18(16)24-19)6-3-11-1-4-25(10-27)5-2-11/h7-11,28-29H,1-6,21H2. The van der Waals surface area contributed by atoms with Gasteiger partial charge in [0.05, 0.1) is 6.33 Å². The van der Waals surface area contributed by atoms with Crippen molar-refractivity contribution < 1.29 is 15.0 Å². The van der Waals surface area contributed by atoms with Crippen molar-refractivity contribution in [1.82, 2.24) is 24.4 Å². The van der Waals surface area contributed by atoms with Crippen LogP contribution in [0.15, 0.2) is 33.0 Å². The molecule has 4 N–H and O–H groups in total.